The van der Waals surface area contributed by atoms with Gasteiger partial charge in [0.05, 0.1) is 6.61 Å². The lowest BCUT2D eigenvalue weighted by molar-refractivity contribution is -0.121. The van der Waals surface area contributed by atoms with Gasteiger partial charge in [-0.2, -0.15) is 5.10 Å². The molecule has 0 atom stereocenters. The van der Waals surface area contributed by atoms with Crippen LogP contribution in [-0.2, 0) is 17.9 Å². The standard InChI is InChI=1S/C25H23FN4O3S/c1-2-32-20-11-5-18(6-12-20)24-28-29-25(34)30(24)16-23(31)27-15-17-3-9-21(10-4-17)33-22-13-7-19(26)8-14-22/h3-14H,2,15-16H2,1H3,(H,27,31)(H,29,34). The highest BCUT2D eigenvalue weighted by Crippen LogP contribution is 2.23. The molecule has 0 saturated heterocycles. The van der Waals surface area contributed by atoms with Crippen molar-refractivity contribution in [2.75, 3.05) is 6.61 Å². The van der Waals surface area contributed by atoms with Crippen LogP contribution in [0.3, 0.4) is 0 Å². The Labute approximate surface area is 201 Å². The molecule has 1 amide bonds. The maximum absolute atomic E-state index is 13.0. The van der Waals surface area contributed by atoms with Gasteiger partial charge in [-0.15, -0.1) is 0 Å². The fourth-order valence-electron chi connectivity index (χ4n) is 3.27. The number of H-pyrrole nitrogens is 1. The molecule has 1 heterocycles. The van der Waals surface area contributed by atoms with E-state index in [-0.39, 0.29) is 18.3 Å². The topological polar surface area (TPSA) is 81.2 Å². The van der Waals surface area contributed by atoms with Crippen LogP contribution in [0.2, 0.25) is 0 Å². The van der Waals surface area contributed by atoms with E-state index < -0.39 is 0 Å². The number of amides is 1. The van der Waals surface area contributed by atoms with Gasteiger partial charge in [-0.3, -0.25) is 14.5 Å². The van der Waals surface area contributed by atoms with Gasteiger partial charge >= 0.3 is 0 Å². The molecule has 4 rings (SSSR count). The van der Waals surface area contributed by atoms with Gasteiger partial charge in [0.25, 0.3) is 0 Å². The Balaban J connectivity index is 1.35. The number of nitrogens with zero attached hydrogens (tertiary/aromatic N) is 2. The van der Waals surface area contributed by atoms with E-state index in [0.29, 0.717) is 35.2 Å². The van der Waals surface area contributed by atoms with Crippen molar-refractivity contribution in [2.24, 2.45) is 0 Å². The lowest BCUT2D eigenvalue weighted by Gasteiger charge is -2.10. The summed E-state index contributed by atoms with van der Waals surface area (Å²) in [7, 11) is 0. The molecule has 3 aromatic carbocycles. The van der Waals surface area contributed by atoms with Crippen molar-refractivity contribution in [2.45, 2.75) is 20.0 Å². The first-order chi connectivity index (χ1) is 16.5. The van der Waals surface area contributed by atoms with E-state index in [1.54, 1.807) is 28.8 Å². The zero-order valence-electron chi connectivity index (χ0n) is 18.5. The predicted octanol–water partition coefficient (Wildman–Crippen LogP) is 5.25. The normalized spacial score (nSPS) is 10.6. The number of rotatable bonds is 9. The van der Waals surface area contributed by atoms with Crippen molar-refractivity contribution in [3.05, 3.63) is 88.9 Å². The molecule has 0 fully saturated rings. The highest BCUT2D eigenvalue weighted by molar-refractivity contribution is 7.71. The molecule has 9 heteroatoms. The van der Waals surface area contributed by atoms with E-state index in [1.165, 1.54) is 12.1 Å². The fraction of sp³-hybridized carbons (Fsp3) is 0.160. The SMILES string of the molecule is CCOc1ccc(-c2n[nH]c(=S)n2CC(=O)NCc2ccc(Oc3ccc(F)cc3)cc2)cc1. The highest BCUT2D eigenvalue weighted by Gasteiger charge is 2.13. The summed E-state index contributed by atoms with van der Waals surface area (Å²) < 4.78 is 26.2. The molecule has 0 radical (unpaired) electrons. The number of hydrogen-bond donors (Lipinski definition) is 2. The number of carbonyl (C=O) groups is 1. The minimum atomic E-state index is -0.318. The minimum absolute atomic E-state index is 0.0314. The van der Waals surface area contributed by atoms with Crippen LogP contribution in [0.4, 0.5) is 4.39 Å². The number of halogens is 1. The highest BCUT2D eigenvalue weighted by atomic mass is 32.1. The van der Waals surface area contributed by atoms with E-state index in [4.69, 9.17) is 21.7 Å². The van der Waals surface area contributed by atoms with Gasteiger partial charge in [-0.1, -0.05) is 12.1 Å². The molecular weight excluding hydrogens is 455 g/mol. The second-order valence-corrected chi connectivity index (χ2v) is 7.76. The Morgan fingerprint density at radius 1 is 1.00 bits per heavy atom. The number of aromatic amines is 1. The first kappa shape index (κ1) is 23.2. The van der Waals surface area contributed by atoms with Gasteiger partial charge in [0.1, 0.15) is 29.6 Å². The summed E-state index contributed by atoms with van der Waals surface area (Å²) in [6.45, 7) is 2.89. The summed E-state index contributed by atoms with van der Waals surface area (Å²) in [5, 5.41) is 9.92. The average molecular weight is 479 g/mol. The van der Waals surface area contributed by atoms with Gasteiger partial charge in [0, 0.05) is 12.1 Å². The van der Waals surface area contributed by atoms with E-state index in [9.17, 15) is 9.18 Å². The van der Waals surface area contributed by atoms with Crippen molar-refractivity contribution in [3.8, 4) is 28.6 Å². The lowest BCUT2D eigenvalue weighted by Crippen LogP contribution is -2.27. The molecule has 2 N–H and O–H groups in total. The van der Waals surface area contributed by atoms with E-state index in [0.717, 1.165) is 16.9 Å². The number of ether oxygens (including phenoxy) is 2. The molecule has 4 aromatic rings. The molecular formula is C25H23FN4O3S. The number of hydrogen-bond acceptors (Lipinski definition) is 5. The number of aromatic nitrogens is 3. The third kappa shape index (κ3) is 5.87. The average Bonchev–Trinajstić information content (AvgIpc) is 3.20. The Morgan fingerprint density at radius 3 is 2.26 bits per heavy atom. The third-order valence-corrected chi connectivity index (χ3v) is 5.26. The lowest BCUT2D eigenvalue weighted by atomic mass is 10.2. The van der Waals surface area contributed by atoms with Crippen LogP contribution >= 0.6 is 12.2 Å². The molecule has 0 bridgehead atoms. The molecule has 0 unspecified atom stereocenters. The van der Waals surface area contributed by atoms with E-state index >= 15 is 0 Å². The Morgan fingerprint density at radius 2 is 1.62 bits per heavy atom. The molecule has 7 nitrogen and oxygen atoms in total. The predicted molar refractivity (Wildman–Crippen MR) is 129 cm³/mol. The summed E-state index contributed by atoms with van der Waals surface area (Å²) >= 11 is 5.32. The van der Waals surface area contributed by atoms with Crippen molar-refractivity contribution in [1.29, 1.82) is 0 Å². The molecule has 0 aliphatic carbocycles. The molecule has 0 aliphatic rings. The fourth-order valence-corrected chi connectivity index (χ4v) is 3.46. The summed E-state index contributed by atoms with van der Waals surface area (Å²) in [4.78, 5) is 12.6. The van der Waals surface area contributed by atoms with Crippen LogP contribution < -0.4 is 14.8 Å². The maximum atomic E-state index is 13.0. The van der Waals surface area contributed by atoms with Gasteiger partial charge in [-0.25, -0.2) is 4.39 Å². The molecule has 0 spiro atoms. The first-order valence-electron chi connectivity index (χ1n) is 10.7. The van der Waals surface area contributed by atoms with Crippen molar-refractivity contribution < 1.29 is 18.7 Å². The van der Waals surface area contributed by atoms with Crippen molar-refractivity contribution in [3.63, 3.8) is 0 Å². The van der Waals surface area contributed by atoms with Crippen LogP contribution in [0.25, 0.3) is 11.4 Å². The summed E-state index contributed by atoms with van der Waals surface area (Å²) in [5.74, 6) is 1.98. The van der Waals surface area contributed by atoms with Gasteiger partial charge in [0.15, 0.2) is 10.6 Å². The molecule has 34 heavy (non-hydrogen) atoms. The first-order valence-corrected chi connectivity index (χ1v) is 11.1. The zero-order chi connectivity index (χ0) is 23.9. The molecule has 0 saturated carbocycles. The number of nitrogens with one attached hydrogen (secondary N) is 2. The summed E-state index contributed by atoms with van der Waals surface area (Å²) in [6.07, 6.45) is 0. The van der Waals surface area contributed by atoms with Gasteiger partial charge < -0.3 is 14.8 Å². The van der Waals surface area contributed by atoms with Crippen molar-refractivity contribution in [1.82, 2.24) is 20.1 Å². The molecule has 174 valence electrons. The number of carbonyl (C=O) groups excluding carboxylic acids is 1. The van der Waals surface area contributed by atoms with Crippen molar-refractivity contribution >= 4 is 18.1 Å². The number of benzene rings is 3. The Hall–Kier alpha value is -3.98. The van der Waals surface area contributed by atoms with Gasteiger partial charge in [-0.05, 0) is 85.4 Å². The third-order valence-electron chi connectivity index (χ3n) is 4.95. The monoisotopic (exact) mass is 478 g/mol. The van der Waals surface area contributed by atoms with E-state index in [2.05, 4.69) is 15.5 Å². The smallest absolute Gasteiger partial charge is 0.240 e. The second-order valence-electron chi connectivity index (χ2n) is 7.37. The van der Waals surface area contributed by atoms with Crippen LogP contribution in [0.1, 0.15) is 12.5 Å². The van der Waals surface area contributed by atoms with Crippen LogP contribution in [0, 0.1) is 10.6 Å². The van der Waals surface area contributed by atoms with Gasteiger partial charge in [0.2, 0.25) is 5.91 Å². The Kier molecular flexibility index (Phi) is 7.34. The summed E-state index contributed by atoms with van der Waals surface area (Å²) in [5.41, 5.74) is 1.72. The van der Waals surface area contributed by atoms with Crippen LogP contribution in [0.5, 0.6) is 17.2 Å². The maximum Gasteiger partial charge on any atom is 0.240 e. The molecule has 0 aliphatic heterocycles. The van der Waals surface area contributed by atoms with Crippen LogP contribution in [0.15, 0.2) is 72.8 Å². The quantitative estimate of drug-likeness (QED) is 0.321. The summed E-state index contributed by atoms with van der Waals surface area (Å²) in [6, 6.07) is 20.6. The van der Waals surface area contributed by atoms with Crippen LogP contribution in [-0.4, -0.2) is 27.3 Å². The second kappa shape index (κ2) is 10.8. The zero-order valence-corrected chi connectivity index (χ0v) is 19.3. The largest absolute Gasteiger partial charge is 0.494 e. The minimum Gasteiger partial charge on any atom is -0.494 e. The Bertz CT molecular complexity index is 1300. The van der Waals surface area contributed by atoms with E-state index in [1.807, 2.05) is 43.3 Å². The molecule has 1 aromatic heterocycles.